The van der Waals surface area contributed by atoms with E-state index in [-0.39, 0.29) is 12.0 Å². The molecule has 0 spiro atoms. The van der Waals surface area contributed by atoms with Crippen LogP contribution in [0.2, 0.25) is 0 Å². The summed E-state index contributed by atoms with van der Waals surface area (Å²) < 4.78 is 4.98. The third-order valence-corrected chi connectivity index (χ3v) is 2.75. The first-order valence-electron chi connectivity index (χ1n) is 4.94. The maximum atomic E-state index is 11.5. The van der Waals surface area contributed by atoms with Crippen molar-refractivity contribution >= 4 is 5.97 Å². The molecule has 0 amide bonds. The number of fused-ring (bicyclic) bond motifs is 2. The third kappa shape index (κ3) is 1.61. The Labute approximate surface area is 78.1 Å². The van der Waals surface area contributed by atoms with Gasteiger partial charge >= 0.3 is 5.97 Å². The summed E-state index contributed by atoms with van der Waals surface area (Å²) in [6.45, 7) is 2.30. The van der Waals surface area contributed by atoms with Gasteiger partial charge in [-0.2, -0.15) is 0 Å². The monoisotopic (exact) mass is 181 g/mol. The highest BCUT2D eigenvalue weighted by Gasteiger charge is 2.33. The van der Waals surface area contributed by atoms with Gasteiger partial charge in [-0.1, -0.05) is 6.08 Å². The van der Waals surface area contributed by atoms with Crippen LogP contribution in [0.1, 0.15) is 26.2 Å². The first-order valence-corrected chi connectivity index (χ1v) is 4.94. The first kappa shape index (κ1) is 8.75. The molecule has 2 rings (SSSR count). The van der Waals surface area contributed by atoms with E-state index in [0.717, 1.165) is 18.4 Å². The molecule has 0 radical (unpaired) electrons. The molecule has 1 saturated heterocycles. The molecular formula is C10H15NO2. The molecule has 72 valence electrons. The molecule has 1 fully saturated rings. The lowest BCUT2D eigenvalue weighted by atomic mass is 10.0. The summed E-state index contributed by atoms with van der Waals surface area (Å²) in [6, 6.07) is 0.862. The fraction of sp³-hybridized carbons (Fsp3) is 0.700. The summed E-state index contributed by atoms with van der Waals surface area (Å²) in [7, 11) is 0. The number of ether oxygens (including phenoxy) is 1. The maximum Gasteiger partial charge on any atom is 0.335 e. The quantitative estimate of drug-likeness (QED) is 0.646. The Bertz CT molecular complexity index is 247. The molecule has 1 N–H and O–H groups in total. The summed E-state index contributed by atoms with van der Waals surface area (Å²) >= 11 is 0. The highest BCUT2D eigenvalue weighted by molar-refractivity contribution is 5.90. The van der Waals surface area contributed by atoms with Crippen LogP contribution in [0.5, 0.6) is 0 Å². The van der Waals surface area contributed by atoms with Gasteiger partial charge in [-0.25, -0.2) is 4.79 Å². The molecule has 3 nitrogen and oxygen atoms in total. The Hall–Kier alpha value is -0.830. The number of nitrogens with one attached hydrogen (secondary N) is 1. The van der Waals surface area contributed by atoms with Gasteiger partial charge in [0.15, 0.2) is 0 Å². The number of carbonyl (C=O) groups is 1. The number of rotatable bonds is 2. The predicted octanol–water partition coefficient (Wildman–Crippen LogP) is 1.00. The van der Waals surface area contributed by atoms with E-state index in [9.17, 15) is 4.79 Å². The minimum absolute atomic E-state index is 0.139. The largest absolute Gasteiger partial charge is 0.463 e. The van der Waals surface area contributed by atoms with Gasteiger partial charge in [0, 0.05) is 12.1 Å². The lowest BCUT2D eigenvalue weighted by Crippen LogP contribution is -2.37. The van der Waals surface area contributed by atoms with E-state index in [1.54, 1.807) is 0 Å². The van der Waals surface area contributed by atoms with E-state index in [0.29, 0.717) is 12.6 Å². The number of esters is 1. The van der Waals surface area contributed by atoms with E-state index in [1.165, 1.54) is 6.42 Å². The standard InChI is InChI=1S/C10H15NO2/c1-2-13-10(12)8-5-3-7-4-6-9(8)11-7/h5,7,9,11H,2-4,6H2,1H3/t7-,9-/m1/s1. The van der Waals surface area contributed by atoms with Gasteiger partial charge < -0.3 is 10.1 Å². The van der Waals surface area contributed by atoms with Crippen LogP contribution in [-0.4, -0.2) is 24.7 Å². The van der Waals surface area contributed by atoms with Crippen molar-refractivity contribution in [3.05, 3.63) is 11.6 Å². The molecule has 0 aromatic rings. The normalized spacial score (nSPS) is 31.3. The molecule has 2 bridgehead atoms. The van der Waals surface area contributed by atoms with Crippen LogP contribution in [-0.2, 0) is 9.53 Å². The highest BCUT2D eigenvalue weighted by Crippen LogP contribution is 2.27. The van der Waals surface area contributed by atoms with Gasteiger partial charge in [0.2, 0.25) is 0 Å². The van der Waals surface area contributed by atoms with Gasteiger partial charge in [0.25, 0.3) is 0 Å². The third-order valence-electron chi connectivity index (χ3n) is 2.75. The van der Waals surface area contributed by atoms with Crippen molar-refractivity contribution in [2.45, 2.75) is 38.3 Å². The average molecular weight is 181 g/mol. The van der Waals surface area contributed by atoms with Crippen molar-refractivity contribution in [1.82, 2.24) is 5.32 Å². The van der Waals surface area contributed by atoms with Crippen molar-refractivity contribution in [3.8, 4) is 0 Å². The summed E-state index contributed by atoms with van der Waals surface area (Å²) in [6.07, 6.45) is 5.28. The summed E-state index contributed by atoms with van der Waals surface area (Å²) in [5, 5.41) is 3.41. The second kappa shape index (κ2) is 3.50. The van der Waals surface area contributed by atoms with Gasteiger partial charge in [-0.15, -0.1) is 0 Å². The first-order chi connectivity index (χ1) is 6.31. The molecule has 0 aromatic heterocycles. The van der Waals surface area contributed by atoms with Crippen LogP contribution in [0.4, 0.5) is 0 Å². The van der Waals surface area contributed by atoms with Crippen LogP contribution >= 0.6 is 0 Å². The average Bonchev–Trinajstić information content (AvgIpc) is 2.48. The molecule has 2 heterocycles. The summed E-state index contributed by atoms with van der Waals surface area (Å²) in [5.74, 6) is -0.139. The van der Waals surface area contributed by atoms with E-state index in [4.69, 9.17) is 4.74 Å². The lowest BCUT2D eigenvalue weighted by Gasteiger charge is -2.20. The van der Waals surface area contributed by atoms with E-state index in [2.05, 4.69) is 5.32 Å². The lowest BCUT2D eigenvalue weighted by molar-refractivity contribution is -0.138. The topological polar surface area (TPSA) is 38.3 Å². The Morgan fingerprint density at radius 3 is 3.31 bits per heavy atom. The molecular weight excluding hydrogens is 166 g/mol. The van der Waals surface area contributed by atoms with E-state index < -0.39 is 0 Å². The fourth-order valence-corrected chi connectivity index (χ4v) is 2.10. The Morgan fingerprint density at radius 2 is 2.54 bits per heavy atom. The van der Waals surface area contributed by atoms with Gasteiger partial charge in [-0.3, -0.25) is 0 Å². The van der Waals surface area contributed by atoms with E-state index >= 15 is 0 Å². The molecule has 2 aliphatic rings. The summed E-state index contributed by atoms with van der Waals surface area (Å²) in [4.78, 5) is 11.5. The minimum atomic E-state index is -0.139. The smallest absolute Gasteiger partial charge is 0.335 e. The van der Waals surface area contributed by atoms with Crippen molar-refractivity contribution in [2.75, 3.05) is 6.61 Å². The zero-order valence-corrected chi connectivity index (χ0v) is 7.88. The van der Waals surface area contributed by atoms with E-state index in [1.807, 2.05) is 13.0 Å². The van der Waals surface area contributed by atoms with Crippen LogP contribution < -0.4 is 5.32 Å². The van der Waals surface area contributed by atoms with Gasteiger partial charge in [0.05, 0.1) is 12.2 Å². The van der Waals surface area contributed by atoms with Crippen molar-refractivity contribution in [3.63, 3.8) is 0 Å². The molecule has 0 unspecified atom stereocenters. The summed E-state index contributed by atoms with van der Waals surface area (Å²) in [5.41, 5.74) is 0.843. The SMILES string of the molecule is CCOC(=O)C1=CC[C@@H]2CC[C@H]1N2. The van der Waals surface area contributed by atoms with Crippen molar-refractivity contribution < 1.29 is 9.53 Å². The Morgan fingerprint density at radius 1 is 1.69 bits per heavy atom. The highest BCUT2D eigenvalue weighted by atomic mass is 16.5. The van der Waals surface area contributed by atoms with Crippen LogP contribution in [0.25, 0.3) is 0 Å². The molecule has 0 aromatic carbocycles. The minimum Gasteiger partial charge on any atom is -0.463 e. The van der Waals surface area contributed by atoms with Crippen LogP contribution in [0, 0.1) is 0 Å². The molecule has 0 saturated carbocycles. The molecule has 3 heteroatoms. The van der Waals surface area contributed by atoms with Gasteiger partial charge in [0.1, 0.15) is 0 Å². The van der Waals surface area contributed by atoms with Crippen molar-refractivity contribution in [2.24, 2.45) is 0 Å². The predicted molar refractivity (Wildman–Crippen MR) is 49.3 cm³/mol. The number of hydrogen-bond donors (Lipinski definition) is 1. The number of carbonyl (C=O) groups excluding carboxylic acids is 1. The molecule has 2 aliphatic heterocycles. The molecule has 13 heavy (non-hydrogen) atoms. The second-order valence-electron chi connectivity index (χ2n) is 3.61. The number of hydrogen-bond acceptors (Lipinski definition) is 3. The molecule has 0 aliphatic carbocycles. The van der Waals surface area contributed by atoms with Crippen molar-refractivity contribution in [1.29, 1.82) is 0 Å². The zero-order valence-electron chi connectivity index (χ0n) is 7.88. The Balaban J connectivity index is 2.06. The maximum absolute atomic E-state index is 11.5. The van der Waals surface area contributed by atoms with Gasteiger partial charge in [-0.05, 0) is 26.2 Å². The van der Waals surface area contributed by atoms with Crippen LogP contribution in [0.15, 0.2) is 11.6 Å². The zero-order chi connectivity index (χ0) is 9.26. The Kier molecular flexibility index (Phi) is 2.36. The second-order valence-corrected chi connectivity index (χ2v) is 3.61. The van der Waals surface area contributed by atoms with Crippen LogP contribution in [0.3, 0.4) is 0 Å². The molecule has 2 atom stereocenters. The fourth-order valence-electron chi connectivity index (χ4n) is 2.10.